The molecule has 1 aromatic carbocycles. The summed E-state index contributed by atoms with van der Waals surface area (Å²) in [5, 5.41) is 2.93. The third-order valence-corrected chi connectivity index (χ3v) is 3.70. The van der Waals surface area contributed by atoms with Crippen LogP contribution in [0, 0.1) is 5.92 Å². The molecule has 1 amide bonds. The van der Waals surface area contributed by atoms with Gasteiger partial charge in [0, 0.05) is 24.8 Å². The van der Waals surface area contributed by atoms with Crippen molar-refractivity contribution in [3.63, 3.8) is 0 Å². The van der Waals surface area contributed by atoms with Gasteiger partial charge in [-0.05, 0) is 12.5 Å². The van der Waals surface area contributed by atoms with E-state index in [1.165, 1.54) is 0 Å². The summed E-state index contributed by atoms with van der Waals surface area (Å²) >= 11 is 0. The lowest BCUT2D eigenvalue weighted by molar-refractivity contribution is -0.125. The van der Waals surface area contributed by atoms with Gasteiger partial charge in [-0.25, -0.2) is 0 Å². The van der Waals surface area contributed by atoms with Gasteiger partial charge in [-0.1, -0.05) is 0 Å². The molecule has 1 atom stereocenters. The number of benzene rings is 1. The maximum absolute atomic E-state index is 12.0. The normalized spacial score (nSPS) is 20.1. The molecular weight excluding hydrogens is 274 g/mol. The third-order valence-electron chi connectivity index (χ3n) is 3.70. The minimum Gasteiger partial charge on any atom is -0.496 e. The van der Waals surface area contributed by atoms with Gasteiger partial charge in [-0.3, -0.25) is 4.79 Å². The van der Waals surface area contributed by atoms with Crippen LogP contribution in [0.5, 0.6) is 17.2 Å². The Hall–Kier alpha value is -1.95. The Morgan fingerprint density at radius 3 is 2.71 bits per heavy atom. The zero-order chi connectivity index (χ0) is 14.7. The van der Waals surface area contributed by atoms with Crippen LogP contribution in [0.4, 0.5) is 0 Å². The molecule has 114 valence electrons. The first-order valence-corrected chi connectivity index (χ1v) is 7.10. The number of nitrogens with one attached hydrogen (secondary N) is 1. The Morgan fingerprint density at radius 1 is 1.29 bits per heavy atom. The summed E-state index contributed by atoms with van der Waals surface area (Å²) in [6.45, 7) is 2.63. The lowest BCUT2D eigenvalue weighted by atomic mass is 10.1. The molecule has 0 bridgehead atoms. The topological polar surface area (TPSA) is 66.0 Å². The van der Waals surface area contributed by atoms with Crippen LogP contribution in [0.3, 0.4) is 0 Å². The SMILES string of the molecule is COc1cc2c(cc1CNC(=O)[C@@H]1CCOC1)OCCO2. The van der Waals surface area contributed by atoms with Gasteiger partial charge < -0.3 is 24.3 Å². The fourth-order valence-corrected chi connectivity index (χ4v) is 2.51. The second-order valence-corrected chi connectivity index (χ2v) is 5.09. The van der Waals surface area contributed by atoms with Gasteiger partial charge in [0.25, 0.3) is 0 Å². The maximum Gasteiger partial charge on any atom is 0.225 e. The van der Waals surface area contributed by atoms with Crippen molar-refractivity contribution in [1.29, 1.82) is 0 Å². The van der Waals surface area contributed by atoms with E-state index in [9.17, 15) is 4.79 Å². The fraction of sp³-hybridized carbons (Fsp3) is 0.533. The standard InChI is InChI=1S/C15H19NO5/c1-18-12-7-14-13(20-4-5-21-14)6-11(12)8-16-15(17)10-2-3-19-9-10/h6-7,10H,2-5,8-9H2,1H3,(H,16,17)/t10-/m1/s1. The second kappa shape index (κ2) is 6.22. The molecule has 3 rings (SSSR count). The monoisotopic (exact) mass is 293 g/mol. The maximum atomic E-state index is 12.0. The summed E-state index contributed by atoms with van der Waals surface area (Å²) in [5.41, 5.74) is 0.869. The molecule has 0 aromatic heterocycles. The van der Waals surface area contributed by atoms with E-state index in [-0.39, 0.29) is 11.8 Å². The van der Waals surface area contributed by atoms with Gasteiger partial charge in [0.2, 0.25) is 5.91 Å². The third kappa shape index (κ3) is 3.05. The molecule has 1 aromatic rings. The van der Waals surface area contributed by atoms with Crippen molar-refractivity contribution in [1.82, 2.24) is 5.32 Å². The molecule has 0 aliphatic carbocycles. The van der Waals surface area contributed by atoms with Crippen molar-refractivity contribution in [3.05, 3.63) is 17.7 Å². The number of fused-ring (bicyclic) bond motifs is 1. The van der Waals surface area contributed by atoms with Crippen LogP contribution in [0.25, 0.3) is 0 Å². The van der Waals surface area contributed by atoms with E-state index in [0.29, 0.717) is 50.2 Å². The molecule has 0 unspecified atom stereocenters. The van der Waals surface area contributed by atoms with Crippen molar-refractivity contribution < 1.29 is 23.7 Å². The number of methoxy groups -OCH3 is 1. The summed E-state index contributed by atoms with van der Waals surface area (Å²) < 4.78 is 21.7. The predicted octanol–water partition coefficient (Wildman–Crippen LogP) is 1.12. The van der Waals surface area contributed by atoms with Crippen LogP contribution in [0.1, 0.15) is 12.0 Å². The molecule has 2 aliphatic heterocycles. The molecule has 1 saturated heterocycles. The molecule has 2 heterocycles. The van der Waals surface area contributed by atoms with Crippen LogP contribution in [-0.4, -0.2) is 39.4 Å². The van der Waals surface area contributed by atoms with Gasteiger partial charge in [0.15, 0.2) is 11.5 Å². The van der Waals surface area contributed by atoms with Gasteiger partial charge in [-0.15, -0.1) is 0 Å². The van der Waals surface area contributed by atoms with Crippen molar-refractivity contribution in [2.45, 2.75) is 13.0 Å². The number of ether oxygens (including phenoxy) is 4. The molecular formula is C15H19NO5. The number of rotatable bonds is 4. The van der Waals surface area contributed by atoms with E-state index in [1.54, 1.807) is 13.2 Å². The number of carbonyl (C=O) groups is 1. The van der Waals surface area contributed by atoms with E-state index in [4.69, 9.17) is 18.9 Å². The van der Waals surface area contributed by atoms with Gasteiger partial charge in [0.1, 0.15) is 19.0 Å². The number of hydrogen-bond acceptors (Lipinski definition) is 5. The van der Waals surface area contributed by atoms with Gasteiger partial charge in [0.05, 0.1) is 19.6 Å². The first kappa shape index (κ1) is 14.0. The van der Waals surface area contributed by atoms with Crippen LogP contribution < -0.4 is 19.5 Å². The molecule has 2 aliphatic rings. The first-order chi connectivity index (χ1) is 10.3. The molecule has 6 nitrogen and oxygen atoms in total. The van der Waals surface area contributed by atoms with Crippen LogP contribution in [0.2, 0.25) is 0 Å². The van der Waals surface area contributed by atoms with Crippen molar-refractivity contribution in [2.24, 2.45) is 5.92 Å². The molecule has 6 heteroatoms. The summed E-state index contributed by atoms with van der Waals surface area (Å²) in [6.07, 6.45) is 0.782. The van der Waals surface area contributed by atoms with E-state index in [1.807, 2.05) is 6.07 Å². The number of amides is 1. The van der Waals surface area contributed by atoms with Crippen LogP contribution >= 0.6 is 0 Å². The predicted molar refractivity (Wildman–Crippen MR) is 74.8 cm³/mol. The smallest absolute Gasteiger partial charge is 0.225 e. The molecule has 1 fully saturated rings. The Bertz CT molecular complexity index is 525. The largest absolute Gasteiger partial charge is 0.496 e. The van der Waals surface area contributed by atoms with Gasteiger partial charge in [-0.2, -0.15) is 0 Å². The Labute approximate surface area is 123 Å². The molecule has 21 heavy (non-hydrogen) atoms. The number of hydrogen-bond donors (Lipinski definition) is 1. The van der Waals surface area contributed by atoms with Gasteiger partial charge >= 0.3 is 0 Å². The van der Waals surface area contributed by atoms with E-state index >= 15 is 0 Å². The Morgan fingerprint density at radius 2 is 2.05 bits per heavy atom. The lowest BCUT2D eigenvalue weighted by Crippen LogP contribution is -2.30. The van der Waals surface area contributed by atoms with Crippen LogP contribution in [0.15, 0.2) is 12.1 Å². The number of carbonyl (C=O) groups excluding carboxylic acids is 1. The first-order valence-electron chi connectivity index (χ1n) is 7.10. The second-order valence-electron chi connectivity index (χ2n) is 5.09. The zero-order valence-corrected chi connectivity index (χ0v) is 12.0. The van der Waals surface area contributed by atoms with E-state index in [2.05, 4.69) is 5.32 Å². The minimum atomic E-state index is -0.0480. The molecule has 0 radical (unpaired) electrons. The molecule has 0 spiro atoms. The lowest BCUT2D eigenvalue weighted by Gasteiger charge is -2.21. The average molecular weight is 293 g/mol. The highest BCUT2D eigenvalue weighted by atomic mass is 16.6. The highest BCUT2D eigenvalue weighted by molar-refractivity contribution is 5.79. The summed E-state index contributed by atoms with van der Waals surface area (Å²) in [7, 11) is 1.60. The highest BCUT2D eigenvalue weighted by Gasteiger charge is 2.24. The van der Waals surface area contributed by atoms with Crippen molar-refractivity contribution in [2.75, 3.05) is 33.5 Å². The highest BCUT2D eigenvalue weighted by Crippen LogP contribution is 2.36. The van der Waals surface area contributed by atoms with Crippen molar-refractivity contribution >= 4 is 5.91 Å². The molecule has 1 N–H and O–H groups in total. The van der Waals surface area contributed by atoms with E-state index in [0.717, 1.165) is 12.0 Å². The minimum absolute atomic E-state index is 0.0180. The quantitative estimate of drug-likeness (QED) is 0.901. The summed E-state index contributed by atoms with van der Waals surface area (Å²) in [6, 6.07) is 3.66. The zero-order valence-electron chi connectivity index (χ0n) is 12.0. The average Bonchev–Trinajstić information content (AvgIpc) is 3.06. The Balaban J connectivity index is 1.70. The van der Waals surface area contributed by atoms with Crippen LogP contribution in [-0.2, 0) is 16.1 Å². The van der Waals surface area contributed by atoms with Crippen molar-refractivity contribution in [3.8, 4) is 17.2 Å². The van der Waals surface area contributed by atoms with E-state index < -0.39 is 0 Å². The molecule has 0 saturated carbocycles. The summed E-state index contributed by atoms with van der Waals surface area (Å²) in [4.78, 5) is 12.0. The fourth-order valence-electron chi connectivity index (χ4n) is 2.51. The summed E-state index contributed by atoms with van der Waals surface area (Å²) in [5.74, 6) is 2.02. The Kier molecular flexibility index (Phi) is 4.15.